The third kappa shape index (κ3) is 1.83. The first-order valence-corrected chi connectivity index (χ1v) is 6.48. The predicted octanol–water partition coefficient (Wildman–Crippen LogP) is 2.50. The zero-order valence-electron chi connectivity index (χ0n) is 10.0. The number of nitrogens with zero attached hydrogens (tertiary/aromatic N) is 1. The summed E-state index contributed by atoms with van der Waals surface area (Å²) in [5.74, 6) is -0.949. The Morgan fingerprint density at radius 2 is 1.68 bits per heavy atom. The Labute approximate surface area is 115 Å². The summed E-state index contributed by atoms with van der Waals surface area (Å²) in [5, 5.41) is 9.54. The Balaban J connectivity index is 2.02. The molecule has 98 valence electrons. The molecule has 1 aliphatic heterocycles. The van der Waals surface area contributed by atoms with E-state index in [9.17, 15) is 14.7 Å². The van der Waals surface area contributed by atoms with Crippen LogP contribution in [0, 0.1) is 11.8 Å². The Kier molecular flexibility index (Phi) is 2.82. The van der Waals surface area contributed by atoms with Crippen LogP contribution in [0.25, 0.3) is 0 Å². The Bertz CT molecular complexity index is 570. The highest BCUT2D eigenvalue weighted by Gasteiger charge is 2.48. The molecule has 2 atom stereocenters. The molecule has 1 fully saturated rings. The average Bonchev–Trinajstić information content (AvgIpc) is 2.64. The summed E-state index contributed by atoms with van der Waals surface area (Å²) in [6.07, 6.45) is 5.07. The van der Waals surface area contributed by atoms with Crippen LogP contribution in [0.5, 0.6) is 5.75 Å². The standard InChI is InChI=1S/C14H12ClNO3/c15-11-7-8(17)5-6-12(11)16-13(18)9-3-1-2-4-10(9)14(16)19/h1-2,5-7,9-10,17H,3-4H2. The van der Waals surface area contributed by atoms with Gasteiger partial charge in [0.15, 0.2) is 0 Å². The smallest absolute Gasteiger partial charge is 0.238 e. The number of carbonyl (C=O) groups is 2. The molecule has 1 aliphatic carbocycles. The summed E-state index contributed by atoms with van der Waals surface area (Å²) in [7, 11) is 0. The van der Waals surface area contributed by atoms with E-state index in [0.717, 1.165) is 4.90 Å². The number of hydrogen-bond donors (Lipinski definition) is 1. The number of phenols is 1. The SMILES string of the molecule is O=C1C2CC=CCC2C(=O)N1c1ccc(O)cc1Cl. The van der Waals surface area contributed by atoms with E-state index in [1.165, 1.54) is 18.2 Å². The van der Waals surface area contributed by atoms with E-state index in [1.54, 1.807) is 0 Å². The molecule has 2 aliphatic rings. The number of benzene rings is 1. The van der Waals surface area contributed by atoms with Crippen molar-refractivity contribution >= 4 is 29.1 Å². The minimum absolute atomic E-state index is 0.00641. The first-order valence-electron chi connectivity index (χ1n) is 6.11. The van der Waals surface area contributed by atoms with Gasteiger partial charge in [-0.2, -0.15) is 0 Å². The molecule has 19 heavy (non-hydrogen) atoms. The number of phenolic OH excluding ortho intramolecular Hbond substituents is 1. The van der Waals surface area contributed by atoms with Gasteiger partial charge >= 0.3 is 0 Å². The Hall–Kier alpha value is -1.81. The summed E-state index contributed by atoms with van der Waals surface area (Å²) in [6, 6.07) is 4.25. The highest BCUT2D eigenvalue weighted by atomic mass is 35.5. The molecule has 2 unspecified atom stereocenters. The molecule has 1 aromatic rings. The second-order valence-corrected chi connectivity index (χ2v) is 5.21. The lowest BCUT2D eigenvalue weighted by Gasteiger charge is -2.16. The van der Waals surface area contributed by atoms with Crippen LogP contribution < -0.4 is 4.90 Å². The Morgan fingerprint density at radius 3 is 2.21 bits per heavy atom. The number of halogens is 1. The van der Waals surface area contributed by atoms with Crippen LogP contribution in [0.4, 0.5) is 5.69 Å². The number of hydrogen-bond acceptors (Lipinski definition) is 3. The number of carbonyl (C=O) groups excluding carboxylic acids is 2. The van der Waals surface area contributed by atoms with Gasteiger partial charge in [0.1, 0.15) is 5.75 Å². The summed E-state index contributed by atoms with van der Waals surface area (Å²) < 4.78 is 0. The minimum atomic E-state index is -0.276. The van der Waals surface area contributed by atoms with Gasteiger partial charge in [0.05, 0.1) is 22.5 Å². The molecule has 1 saturated heterocycles. The van der Waals surface area contributed by atoms with Crippen LogP contribution in [0.2, 0.25) is 5.02 Å². The van der Waals surface area contributed by atoms with Gasteiger partial charge in [-0.3, -0.25) is 9.59 Å². The number of allylic oxidation sites excluding steroid dienone is 2. The summed E-state index contributed by atoms with van der Waals surface area (Å²) in [5.41, 5.74) is 0.351. The molecule has 2 amide bonds. The molecule has 0 bridgehead atoms. The van der Waals surface area contributed by atoms with Crippen molar-refractivity contribution in [1.29, 1.82) is 0 Å². The third-order valence-corrected chi connectivity index (χ3v) is 3.98. The molecule has 1 heterocycles. The lowest BCUT2D eigenvalue weighted by molar-refractivity contribution is -0.122. The largest absolute Gasteiger partial charge is 0.508 e. The quantitative estimate of drug-likeness (QED) is 0.634. The molecule has 5 heteroatoms. The molecule has 0 saturated carbocycles. The van der Waals surface area contributed by atoms with Crippen molar-refractivity contribution < 1.29 is 14.7 Å². The van der Waals surface area contributed by atoms with E-state index >= 15 is 0 Å². The summed E-state index contributed by atoms with van der Waals surface area (Å²) in [4.78, 5) is 25.8. The van der Waals surface area contributed by atoms with Gasteiger partial charge < -0.3 is 5.11 Å². The fraction of sp³-hybridized carbons (Fsp3) is 0.286. The van der Waals surface area contributed by atoms with Crippen LogP contribution in [-0.2, 0) is 9.59 Å². The number of aromatic hydroxyl groups is 1. The van der Waals surface area contributed by atoms with Gasteiger partial charge in [0, 0.05) is 6.07 Å². The third-order valence-electron chi connectivity index (χ3n) is 3.68. The number of imide groups is 1. The van der Waals surface area contributed by atoms with Gasteiger partial charge in [-0.1, -0.05) is 23.8 Å². The topological polar surface area (TPSA) is 57.6 Å². The summed E-state index contributed by atoms with van der Waals surface area (Å²) in [6.45, 7) is 0. The first kappa shape index (κ1) is 12.2. The van der Waals surface area contributed by atoms with Crippen molar-refractivity contribution in [3.8, 4) is 5.75 Å². The van der Waals surface area contributed by atoms with Crippen molar-refractivity contribution in [2.45, 2.75) is 12.8 Å². The van der Waals surface area contributed by atoms with E-state index < -0.39 is 0 Å². The maximum atomic E-state index is 12.3. The number of amides is 2. The summed E-state index contributed by atoms with van der Waals surface area (Å²) >= 11 is 6.02. The normalized spacial score (nSPS) is 25.8. The van der Waals surface area contributed by atoms with E-state index in [1.807, 2.05) is 12.2 Å². The van der Waals surface area contributed by atoms with Crippen molar-refractivity contribution in [1.82, 2.24) is 0 Å². The van der Waals surface area contributed by atoms with Crippen LogP contribution in [0.15, 0.2) is 30.4 Å². The molecule has 0 spiro atoms. The van der Waals surface area contributed by atoms with Crippen LogP contribution in [0.1, 0.15) is 12.8 Å². The van der Waals surface area contributed by atoms with Crippen molar-refractivity contribution in [2.24, 2.45) is 11.8 Å². The lowest BCUT2D eigenvalue weighted by Crippen LogP contribution is -2.31. The molecule has 1 N–H and O–H groups in total. The number of anilines is 1. The van der Waals surface area contributed by atoms with Gasteiger partial charge in [0.2, 0.25) is 11.8 Å². The van der Waals surface area contributed by atoms with Crippen LogP contribution in [0.3, 0.4) is 0 Å². The number of fused-ring (bicyclic) bond motifs is 1. The highest BCUT2D eigenvalue weighted by Crippen LogP contribution is 2.40. The van der Waals surface area contributed by atoms with Gasteiger partial charge in [0.25, 0.3) is 0 Å². The average molecular weight is 278 g/mol. The minimum Gasteiger partial charge on any atom is -0.508 e. The maximum absolute atomic E-state index is 12.3. The van der Waals surface area contributed by atoms with E-state index in [2.05, 4.69) is 0 Å². The maximum Gasteiger partial charge on any atom is 0.238 e. The van der Waals surface area contributed by atoms with E-state index in [4.69, 9.17) is 11.6 Å². The van der Waals surface area contributed by atoms with Crippen LogP contribution >= 0.6 is 11.6 Å². The second-order valence-electron chi connectivity index (χ2n) is 4.80. The van der Waals surface area contributed by atoms with E-state index in [-0.39, 0.29) is 34.4 Å². The molecule has 0 radical (unpaired) electrons. The molecular weight excluding hydrogens is 266 g/mol. The van der Waals surface area contributed by atoms with Crippen molar-refractivity contribution in [3.05, 3.63) is 35.4 Å². The van der Waals surface area contributed by atoms with Gasteiger partial charge in [-0.25, -0.2) is 4.90 Å². The molecule has 0 aromatic heterocycles. The first-order chi connectivity index (χ1) is 9.09. The van der Waals surface area contributed by atoms with Crippen molar-refractivity contribution in [3.63, 3.8) is 0 Å². The molecule has 4 nitrogen and oxygen atoms in total. The fourth-order valence-corrected chi connectivity index (χ4v) is 2.97. The zero-order chi connectivity index (χ0) is 13.6. The van der Waals surface area contributed by atoms with E-state index in [0.29, 0.717) is 18.5 Å². The second kappa shape index (κ2) is 4.38. The van der Waals surface area contributed by atoms with Crippen molar-refractivity contribution in [2.75, 3.05) is 4.90 Å². The lowest BCUT2D eigenvalue weighted by atomic mass is 9.85. The van der Waals surface area contributed by atoms with Gasteiger partial charge in [-0.05, 0) is 25.0 Å². The molecular formula is C14H12ClNO3. The zero-order valence-corrected chi connectivity index (χ0v) is 10.8. The fourth-order valence-electron chi connectivity index (χ4n) is 2.71. The predicted molar refractivity (Wildman–Crippen MR) is 71.0 cm³/mol. The van der Waals surface area contributed by atoms with Gasteiger partial charge in [-0.15, -0.1) is 0 Å². The molecule has 1 aromatic carbocycles. The Morgan fingerprint density at radius 1 is 1.11 bits per heavy atom. The van der Waals surface area contributed by atoms with Crippen LogP contribution in [-0.4, -0.2) is 16.9 Å². The highest BCUT2D eigenvalue weighted by molar-refractivity contribution is 6.36. The number of rotatable bonds is 1. The monoisotopic (exact) mass is 277 g/mol. The molecule has 3 rings (SSSR count).